The van der Waals surface area contributed by atoms with E-state index >= 15 is 0 Å². The highest BCUT2D eigenvalue weighted by Crippen LogP contribution is 2.30. The highest BCUT2D eigenvalue weighted by atomic mass is 16.6. The lowest BCUT2D eigenvalue weighted by molar-refractivity contribution is -0.384. The molecule has 36 heavy (non-hydrogen) atoms. The highest BCUT2D eigenvalue weighted by Gasteiger charge is 2.26. The van der Waals surface area contributed by atoms with Crippen LogP contribution < -0.4 is 15.5 Å². The van der Waals surface area contributed by atoms with Crippen LogP contribution in [0.3, 0.4) is 0 Å². The molecule has 186 valence electrons. The predicted molar refractivity (Wildman–Crippen MR) is 140 cm³/mol. The second kappa shape index (κ2) is 10.9. The summed E-state index contributed by atoms with van der Waals surface area (Å²) in [5.74, 6) is -0.435. The molecule has 1 atom stereocenters. The molecule has 0 aromatic heterocycles. The number of nitro benzene ring substituents is 1. The van der Waals surface area contributed by atoms with E-state index in [1.807, 2.05) is 35.2 Å². The van der Waals surface area contributed by atoms with E-state index in [2.05, 4.69) is 29.7 Å². The predicted octanol–water partition coefficient (Wildman–Crippen LogP) is 4.69. The number of benzene rings is 3. The minimum absolute atomic E-state index is 0.00862. The summed E-state index contributed by atoms with van der Waals surface area (Å²) >= 11 is 0. The zero-order valence-corrected chi connectivity index (χ0v) is 20.3. The normalized spacial score (nSPS) is 14.2. The SMILES string of the molecule is CC(=O)N1CCN(c2ccc(C(=O)Nc3ccc(NC(C)c4ccccc4)cc3)cc2[N+](=O)[O-])CC1. The number of amides is 2. The molecule has 9 nitrogen and oxygen atoms in total. The molecular weight excluding hydrogens is 458 g/mol. The van der Waals surface area contributed by atoms with Crippen molar-refractivity contribution in [2.24, 2.45) is 0 Å². The number of rotatable bonds is 7. The third-order valence-corrected chi connectivity index (χ3v) is 6.33. The molecule has 0 bridgehead atoms. The first-order valence-corrected chi connectivity index (χ1v) is 11.8. The molecule has 3 aromatic rings. The molecule has 1 saturated heterocycles. The van der Waals surface area contributed by atoms with E-state index < -0.39 is 10.8 Å². The number of hydrogen-bond acceptors (Lipinski definition) is 6. The Labute approximate surface area is 209 Å². The van der Waals surface area contributed by atoms with Crippen molar-refractivity contribution in [3.63, 3.8) is 0 Å². The number of nitro groups is 1. The van der Waals surface area contributed by atoms with Gasteiger partial charge in [-0.3, -0.25) is 19.7 Å². The van der Waals surface area contributed by atoms with Crippen molar-refractivity contribution >= 4 is 34.6 Å². The average molecular weight is 488 g/mol. The molecule has 9 heteroatoms. The standard InChI is InChI=1S/C27H29N5O4/c1-19(21-6-4-3-5-7-21)28-23-9-11-24(12-10-23)29-27(34)22-8-13-25(26(18-22)32(35)36)31-16-14-30(15-17-31)20(2)33/h3-13,18-19,28H,14-17H2,1-2H3,(H,29,34). The number of nitrogens with zero attached hydrogens (tertiary/aromatic N) is 3. The summed E-state index contributed by atoms with van der Waals surface area (Å²) in [5.41, 5.74) is 3.18. The lowest BCUT2D eigenvalue weighted by Crippen LogP contribution is -2.48. The maximum absolute atomic E-state index is 12.8. The largest absolute Gasteiger partial charge is 0.379 e. The van der Waals surface area contributed by atoms with Crippen molar-refractivity contribution in [2.75, 3.05) is 41.7 Å². The second-order valence-electron chi connectivity index (χ2n) is 8.76. The maximum atomic E-state index is 12.8. The molecule has 1 aliphatic rings. The summed E-state index contributed by atoms with van der Waals surface area (Å²) < 4.78 is 0. The van der Waals surface area contributed by atoms with Gasteiger partial charge in [0.15, 0.2) is 0 Å². The molecule has 0 saturated carbocycles. The van der Waals surface area contributed by atoms with E-state index in [4.69, 9.17) is 0 Å². The zero-order chi connectivity index (χ0) is 25.7. The van der Waals surface area contributed by atoms with Gasteiger partial charge in [0.25, 0.3) is 11.6 Å². The number of carbonyl (C=O) groups is 2. The van der Waals surface area contributed by atoms with Gasteiger partial charge in [-0.05, 0) is 48.9 Å². The van der Waals surface area contributed by atoms with Crippen LogP contribution in [0.1, 0.15) is 35.8 Å². The van der Waals surface area contributed by atoms with Gasteiger partial charge >= 0.3 is 0 Å². The molecule has 2 amide bonds. The average Bonchev–Trinajstić information content (AvgIpc) is 2.90. The smallest absolute Gasteiger partial charge is 0.293 e. The van der Waals surface area contributed by atoms with Crippen LogP contribution in [0.15, 0.2) is 72.8 Å². The van der Waals surface area contributed by atoms with E-state index in [0.717, 1.165) is 5.69 Å². The Morgan fingerprint density at radius 2 is 1.56 bits per heavy atom. The van der Waals surface area contributed by atoms with Crippen LogP contribution in [0.25, 0.3) is 0 Å². The van der Waals surface area contributed by atoms with Gasteiger partial charge in [0.05, 0.1) is 4.92 Å². The van der Waals surface area contributed by atoms with Crippen LogP contribution in [0.2, 0.25) is 0 Å². The van der Waals surface area contributed by atoms with Gasteiger partial charge in [-0.1, -0.05) is 30.3 Å². The van der Waals surface area contributed by atoms with Gasteiger partial charge in [-0.15, -0.1) is 0 Å². The first-order valence-electron chi connectivity index (χ1n) is 11.8. The number of nitrogens with one attached hydrogen (secondary N) is 2. The van der Waals surface area contributed by atoms with E-state index in [1.54, 1.807) is 29.2 Å². The molecule has 0 radical (unpaired) electrons. The van der Waals surface area contributed by atoms with Crippen molar-refractivity contribution in [2.45, 2.75) is 19.9 Å². The maximum Gasteiger partial charge on any atom is 0.293 e. The first kappa shape index (κ1) is 24.7. The summed E-state index contributed by atoms with van der Waals surface area (Å²) in [7, 11) is 0. The lowest BCUT2D eigenvalue weighted by atomic mass is 10.1. The van der Waals surface area contributed by atoms with Gasteiger partial charge in [0, 0.05) is 62.1 Å². The molecule has 0 spiro atoms. The van der Waals surface area contributed by atoms with Gasteiger partial charge in [-0.25, -0.2) is 0 Å². The van der Waals surface area contributed by atoms with Gasteiger partial charge in [-0.2, -0.15) is 0 Å². The van der Waals surface area contributed by atoms with E-state index in [-0.39, 0.29) is 23.2 Å². The number of anilines is 3. The van der Waals surface area contributed by atoms with Crippen LogP contribution in [0.4, 0.5) is 22.7 Å². The fraction of sp³-hybridized carbons (Fsp3) is 0.259. The fourth-order valence-electron chi connectivity index (χ4n) is 4.27. The summed E-state index contributed by atoms with van der Waals surface area (Å²) in [5, 5.41) is 18.0. The Bertz CT molecular complexity index is 1240. The molecular formula is C27H29N5O4. The van der Waals surface area contributed by atoms with Gasteiger partial charge in [0.1, 0.15) is 5.69 Å². The van der Waals surface area contributed by atoms with E-state index in [1.165, 1.54) is 18.6 Å². The summed E-state index contributed by atoms with van der Waals surface area (Å²) in [6, 6.07) is 22.0. The van der Waals surface area contributed by atoms with Gasteiger partial charge in [0.2, 0.25) is 5.91 Å². The van der Waals surface area contributed by atoms with Crippen molar-refractivity contribution in [1.29, 1.82) is 0 Å². The van der Waals surface area contributed by atoms with Crippen LogP contribution in [0, 0.1) is 10.1 Å². The van der Waals surface area contributed by atoms with E-state index in [9.17, 15) is 19.7 Å². The minimum atomic E-state index is -0.474. The monoisotopic (exact) mass is 487 g/mol. The number of piperazine rings is 1. The fourth-order valence-corrected chi connectivity index (χ4v) is 4.27. The first-order chi connectivity index (χ1) is 17.3. The molecule has 1 aliphatic heterocycles. The minimum Gasteiger partial charge on any atom is -0.379 e. The van der Waals surface area contributed by atoms with Crippen LogP contribution in [0.5, 0.6) is 0 Å². The Morgan fingerprint density at radius 3 is 2.17 bits per heavy atom. The zero-order valence-electron chi connectivity index (χ0n) is 20.3. The topological polar surface area (TPSA) is 108 Å². The molecule has 2 N–H and O–H groups in total. The molecule has 1 unspecified atom stereocenters. The molecule has 1 heterocycles. The summed E-state index contributed by atoms with van der Waals surface area (Å²) in [4.78, 5) is 39.3. The Hall–Kier alpha value is -4.40. The molecule has 4 rings (SSSR count). The molecule has 1 fully saturated rings. The van der Waals surface area contributed by atoms with Crippen molar-refractivity contribution in [1.82, 2.24) is 4.90 Å². The Balaban J connectivity index is 1.42. The summed E-state index contributed by atoms with van der Waals surface area (Å²) in [6.45, 7) is 5.59. The van der Waals surface area contributed by atoms with Crippen molar-refractivity contribution < 1.29 is 14.5 Å². The Morgan fingerprint density at radius 1 is 0.917 bits per heavy atom. The van der Waals surface area contributed by atoms with E-state index in [0.29, 0.717) is 37.6 Å². The summed E-state index contributed by atoms with van der Waals surface area (Å²) in [6.07, 6.45) is 0. The number of carbonyl (C=O) groups excluding carboxylic acids is 2. The van der Waals surface area contributed by atoms with Crippen molar-refractivity contribution in [3.05, 3.63) is 94.0 Å². The van der Waals surface area contributed by atoms with Crippen LogP contribution in [-0.2, 0) is 4.79 Å². The number of hydrogen-bond donors (Lipinski definition) is 2. The van der Waals surface area contributed by atoms with Crippen molar-refractivity contribution in [3.8, 4) is 0 Å². The van der Waals surface area contributed by atoms with Gasteiger partial charge < -0.3 is 20.4 Å². The third kappa shape index (κ3) is 5.80. The quantitative estimate of drug-likeness (QED) is 0.370. The lowest BCUT2D eigenvalue weighted by Gasteiger charge is -2.35. The van der Waals surface area contributed by atoms with Crippen LogP contribution in [-0.4, -0.2) is 47.8 Å². The highest BCUT2D eigenvalue weighted by molar-refractivity contribution is 6.05. The molecule has 3 aromatic carbocycles. The third-order valence-electron chi connectivity index (χ3n) is 6.33. The van der Waals surface area contributed by atoms with Crippen LogP contribution >= 0.6 is 0 Å². The Kier molecular flexibility index (Phi) is 7.48. The second-order valence-corrected chi connectivity index (χ2v) is 8.76. The molecule has 0 aliphatic carbocycles.